The first kappa shape index (κ1) is 17.7. The maximum atomic E-state index is 12.8. The molecule has 0 aliphatic carbocycles. The average molecular weight is 366 g/mol. The number of carbonyl (C=O) groups is 1. The van der Waals surface area contributed by atoms with E-state index >= 15 is 0 Å². The van der Waals surface area contributed by atoms with Crippen molar-refractivity contribution in [3.63, 3.8) is 0 Å². The Bertz CT molecular complexity index is 779. The normalized spacial score (nSPS) is 17.1. The van der Waals surface area contributed by atoms with E-state index in [2.05, 4.69) is 12.2 Å². The molecular formula is C18H17F3N2OS. The van der Waals surface area contributed by atoms with E-state index in [9.17, 15) is 18.0 Å². The highest BCUT2D eigenvalue weighted by Gasteiger charge is 2.31. The Balaban J connectivity index is 1.84. The Morgan fingerprint density at radius 1 is 1.24 bits per heavy atom. The molecule has 0 saturated heterocycles. The number of para-hydroxylation sites is 1. The van der Waals surface area contributed by atoms with Crippen LogP contribution < -0.4 is 10.2 Å². The topological polar surface area (TPSA) is 32.3 Å². The maximum Gasteiger partial charge on any atom is 0.416 e. The second-order valence-corrected chi connectivity index (χ2v) is 7.08. The van der Waals surface area contributed by atoms with Crippen molar-refractivity contribution in [2.75, 3.05) is 16.8 Å². The first-order valence-corrected chi connectivity index (χ1v) is 8.78. The molecule has 132 valence electrons. The van der Waals surface area contributed by atoms with Crippen LogP contribution in [0.5, 0.6) is 0 Å². The molecule has 2 amide bonds. The van der Waals surface area contributed by atoms with Gasteiger partial charge >= 0.3 is 12.2 Å². The van der Waals surface area contributed by atoms with Crippen LogP contribution in [-0.4, -0.2) is 17.8 Å². The Kier molecular flexibility index (Phi) is 4.94. The summed E-state index contributed by atoms with van der Waals surface area (Å²) >= 11 is 1.72. The van der Waals surface area contributed by atoms with Gasteiger partial charge < -0.3 is 5.32 Å². The van der Waals surface area contributed by atoms with Crippen LogP contribution in [0.25, 0.3) is 0 Å². The number of fused-ring (bicyclic) bond motifs is 1. The molecule has 0 bridgehead atoms. The molecule has 3 rings (SSSR count). The molecule has 0 spiro atoms. The van der Waals surface area contributed by atoms with Crippen LogP contribution in [0.4, 0.5) is 29.3 Å². The molecule has 3 nitrogen and oxygen atoms in total. The second-order valence-electron chi connectivity index (χ2n) is 5.74. The monoisotopic (exact) mass is 366 g/mol. The van der Waals surface area contributed by atoms with Gasteiger partial charge in [0.1, 0.15) is 0 Å². The first-order valence-electron chi connectivity index (χ1n) is 7.90. The van der Waals surface area contributed by atoms with E-state index in [1.807, 2.05) is 24.3 Å². The minimum absolute atomic E-state index is 0.128. The van der Waals surface area contributed by atoms with Gasteiger partial charge in [-0.2, -0.15) is 13.2 Å². The number of anilines is 2. The van der Waals surface area contributed by atoms with Gasteiger partial charge in [-0.3, -0.25) is 4.90 Å². The molecule has 1 aliphatic rings. The SMILES string of the molecule is CCC1CN(C(=O)Nc2cccc(C(F)(F)F)c2)c2ccccc2S1. The third-order valence-corrected chi connectivity index (χ3v) is 5.39. The van der Waals surface area contributed by atoms with Crippen molar-refractivity contribution in [3.8, 4) is 0 Å². The van der Waals surface area contributed by atoms with E-state index in [4.69, 9.17) is 0 Å². The molecule has 1 atom stereocenters. The summed E-state index contributed by atoms with van der Waals surface area (Å²) in [5.74, 6) is 0. The van der Waals surface area contributed by atoms with Crippen LogP contribution in [0.1, 0.15) is 18.9 Å². The summed E-state index contributed by atoms with van der Waals surface area (Å²) in [5, 5.41) is 2.84. The number of hydrogen-bond acceptors (Lipinski definition) is 2. The molecule has 1 N–H and O–H groups in total. The van der Waals surface area contributed by atoms with Crippen LogP contribution in [0.2, 0.25) is 0 Å². The Hall–Kier alpha value is -2.15. The maximum absolute atomic E-state index is 12.8. The lowest BCUT2D eigenvalue weighted by atomic mass is 10.2. The van der Waals surface area contributed by atoms with Crippen molar-refractivity contribution in [1.82, 2.24) is 0 Å². The zero-order chi connectivity index (χ0) is 18.0. The Morgan fingerprint density at radius 2 is 2.00 bits per heavy atom. The van der Waals surface area contributed by atoms with Gasteiger partial charge in [-0.15, -0.1) is 11.8 Å². The molecular weight excluding hydrogens is 349 g/mol. The minimum Gasteiger partial charge on any atom is -0.308 e. The molecule has 0 fully saturated rings. The van der Waals surface area contributed by atoms with Crippen molar-refractivity contribution >= 4 is 29.2 Å². The van der Waals surface area contributed by atoms with Gasteiger partial charge in [0.05, 0.1) is 11.3 Å². The van der Waals surface area contributed by atoms with Gasteiger partial charge in [-0.1, -0.05) is 25.1 Å². The molecule has 25 heavy (non-hydrogen) atoms. The molecule has 2 aromatic rings. The molecule has 0 saturated carbocycles. The standard InChI is InChI=1S/C18H17F3N2OS/c1-2-14-11-23(15-8-3-4-9-16(15)25-14)17(24)22-13-7-5-6-12(10-13)18(19,20)21/h3-10,14H,2,11H2,1H3,(H,22,24). The zero-order valence-corrected chi connectivity index (χ0v) is 14.3. The van der Waals surface area contributed by atoms with E-state index in [1.165, 1.54) is 12.1 Å². The molecule has 7 heteroatoms. The molecule has 1 heterocycles. The summed E-state index contributed by atoms with van der Waals surface area (Å²) in [4.78, 5) is 15.3. The fourth-order valence-corrected chi connectivity index (χ4v) is 3.87. The molecule has 1 unspecified atom stereocenters. The average Bonchev–Trinajstić information content (AvgIpc) is 2.60. The van der Waals surface area contributed by atoms with Crippen molar-refractivity contribution in [1.29, 1.82) is 0 Å². The fraction of sp³-hybridized carbons (Fsp3) is 0.278. The highest BCUT2D eigenvalue weighted by atomic mass is 32.2. The van der Waals surface area contributed by atoms with Gasteiger partial charge in [0, 0.05) is 22.4 Å². The third-order valence-electron chi connectivity index (χ3n) is 3.98. The van der Waals surface area contributed by atoms with E-state index in [0.29, 0.717) is 6.54 Å². The Morgan fingerprint density at radius 3 is 2.72 bits per heavy atom. The van der Waals surface area contributed by atoms with Gasteiger partial charge in [-0.05, 0) is 36.8 Å². The number of benzene rings is 2. The Labute approximate surface area is 148 Å². The van der Waals surface area contributed by atoms with E-state index < -0.39 is 17.8 Å². The van der Waals surface area contributed by atoms with E-state index in [-0.39, 0.29) is 10.9 Å². The lowest BCUT2D eigenvalue weighted by molar-refractivity contribution is -0.137. The summed E-state index contributed by atoms with van der Waals surface area (Å²) in [7, 11) is 0. The number of nitrogens with one attached hydrogen (secondary N) is 1. The lowest BCUT2D eigenvalue weighted by Crippen LogP contribution is -2.41. The summed E-state index contributed by atoms with van der Waals surface area (Å²) in [5.41, 5.74) is 0.122. The minimum atomic E-state index is -4.44. The number of urea groups is 1. The van der Waals surface area contributed by atoms with Crippen LogP contribution >= 0.6 is 11.8 Å². The number of rotatable bonds is 2. The number of thioether (sulfide) groups is 1. The van der Waals surface area contributed by atoms with Gasteiger partial charge in [-0.25, -0.2) is 4.79 Å². The van der Waals surface area contributed by atoms with Crippen molar-refractivity contribution in [3.05, 3.63) is 54.1 Å². The fourth-order valence-electron chi connectivity index (χ4n) is 2.67. The summed E-state index contributed by atoms with van der Waals surface area (Å²) in [6.45, 7) is 2.57. The molecule has 0 aromatic heterocycles. The highest BCUT2D eigenvalue weighted by Crippen LogP contribution is 2.39. The zero-order valence-electron chi connectivity index (χ0n) is 13.5. The number of hydrogen-bond donors (Lipinski definition) is 1. The van der Waals surface area contributed by atoms with Gasteiger partial charge in [0.25, 0.3) is 0 Å². The summed E-state index contributed by atoms with van der Waals surface area (Å²) in [6, 6.07) is 11.8. The number of nitrogens with zero attached hydrogens (tertiary/aromatic N) is 1. The van der Waals surface area contributed by atoms with Crippen LogP contribution in [0.15, 0.2) is 53.4 Å². The van der Waals surface area contributed by atoms with E-state index in [0.717, 1.165) is 29.1 Å². The second kappa shape index (κ2) is 7.00. The molecule has 0 radical (unpaired) electrons. The highest BCUT2D eigenvalue weighted by molar-refractivity contribution is 8.00. The number of halogens is 3. The smallest absolute Gasteiger partial charge is 0.308 e. The lowest BCUT2D eigenvalue weighted by Gasteiger charge is -2.33. The van der Waals surface area contributed by atoms with Gasteiger partial charge in [0.2, 0.25) is 0 Å². The molecule has 1 aliphatic heterocycles. The molecule has 2 aromatic carbocycles. The largest absolute Gasteiger partial charge is 0.416 e. The number of alkyl halides is 3. The quantitative estimate of drug-likeness (QED) is 0.747. The third kappa shape index (κ3) is 3.92. The summed E-state index contributed by atoms with van der Waals surface area (Å²) < 4.78 is 38.5. The predicted molar refractivity (Wildman–Crippen MR) is 94.2 cm³/mol. The van der Waals surface area contributed by atoms with Crippen molar-refractivity contribution in [2.45, 2.75) is 29.7 Å². The van der Waals surface area contributed by atoms with Crippen molar-refractivity contribution in [2.24, 2.45) is 0 Å². The number of amides is 2. The van der Waals surface area contributed by atoms with Gasteiger partial charge in [0.15, 0.2) is 0 Å². The van der Waals surface area contributed by atoms with Crippen molar-refractivity contribution < 1.29 is 18.0 Å². The predicted octanol–water partition coefficient (Wildman–Crippen LogP) is 5.63. The van der Waals surface area contributed by atoms with Crippen LogP contribution in [0.3, 0.4) is 0 Å². The first-order chi connectivity index (χ1) is 11.9. The summed E-state index contributed by atoms with van der Waals surface area (Å²) in [6.07, 6.45) is -3.55. The van der Waals surface area contributed by atoms with E-state index in [1.54, 1.807) is 16.7 Å². The van der Waals surface area contributed by atoms with Crippen LogP contribution in [-0.2, 0) is 6.18 Å². The van der Waals surface area contributed by atoms with Crippen LogP contribution in [0, 0.1) is 0 Å². The number of carbonyl (C=O) groups excluding carboxylic acids is 1.